The number of anilines is 2. The van der Waals surface area contributed by atoms with Gasteiger partial charge in [-0.05, 0) is 31.2 Å². The number of nitrogens with two attached hydrogens (primary N) is 1. The lowest BCUT2D eigenvalue weighted by Gasteiger charge is -2.34. The third-order valence-corrected chi connectivity index (χ3v) is 7.78. The van der Waals surface area contributed by atoms with E-state index in [2.05, 4.69) is 4.98 Å². The highest BCUT2D eigenvalue weighted by molar-refractivity contribution is 7.89. The minimum Gasteiger partial charge on any atom is -0.382 e. The molecule has 0 radical (unpaired) electrons. The summed E-state index contributed by atoms with van der Waals surface area (Å²) in [6.07, 6.45) is 1.64. The molecule has 0 spiro atoms. The molecule has 2 N–H and O–H groups in total. The standard InChI is InChI=1S/C23H25N7O2S.H2/c1-2-33(31,32)29-14-12-28(13-15-29)20-16-25-22(24)21(27-20)23-26-18-10-6-7-11-19(18)30(23)17-8-4-3-5-9-17;/h3-11,16H,2,12-15H2,1H3,(H2,24,25);1H. The van der Waals surface area contributed by atoms with Crippen molar-refractivity contribution in [2.24, 2.45) is 0 Å². The summed E-state index contributed by atoms with van der Waals surface area (Å²) < 4.78 is 27.9. The van der Waals surface area contributed by atoms with Crippen molar-refractivity contribution in [3.63, 3.8) is 0 Å². The first-order valence-electron chi connectivity index (χ1n) is 10.9. The number of sulfonamides is 1. The Labute approximate surface area is 194 Å². The molecular formula is C23H27N7O2S. The molecule has 4 aromatic rings. The summed E-state index contributed by atoms with van der Waals surface area (Å²) in [7, 11) is -3.20. The van der Waals surface area contributed by atoms with E-state index in [-0.39, 0.29) is 7.18 Å². The second-order valence-electron chi connectivity index (χ2n) is 7.84. The third-order valence-electron chi connectivity index (χ3n) is 5.90. The Kier molecular flexibility index (Phi) is 5.47. The Morgan fingerprint density at radius 1 is 0.970 bits per heavy atom. The maximum absolute atomic E-state index is 12.2. The zero-order chi connectivity index (χ0) is 23.0. The number of para-hydroxylation sites is 3. The number of benzene rings is 2. The summed E-state index contributed by atoms with van der Waals surface area (Å²) >= 11 is 0. The summed E-state index contributed by atoms with van der Waals surface area (Å²) in [6, 6.07) is 17.8. The van der Waals surface area contributed by atoms with Crippen LogP contribution >= 0.6 is 0 Å². The van der Waals surface area contributed by atoms with Gasteiger partial charge in [0, 0.05) is 33.3 Å². The second kappa shape index (κ2) is 8.45. The van der Waals surface area contributed by atoms with Crippen LogP contribution in [0.15, 0.2) is 60.8 Å². The van der Waals surface area contributed by atoms with Crippen LogP contribution in [0.1, 0.15) is 8.35 Å². The monoisotopic (exact) mass is 465 g/mol. The topological polar surface area (TPSA) is 110 Å². The van der Waals surface area contributed by atoms with Gasteiger partial charge in [0.25, 0.3) is 0 Å². The number of hydrogen-bond acceptors (Lipinski definition) is 7. The van der Waals surface area contributed by atoms with Crippen LogP contribution in [0.25, 0.3) is 28.2 Å². The molecule has 1 saturated heterocycles. The van der Waals surface area contributed by atoms with Gasteiger partial charge in [-0.25, -0.2) is 23.4 Å². The number of nitrogen functional groups attached to an aromatic ring is 1. The molecule has 5 rings (SSSR count). The Morgan fingerprint density at radius 2 is 1.67 bits per heavy atom. The fraction of sp³-hybridized carbons (Fsp3) is 0.261. The Bertz CT molecular complexity index is 1400. The number of piperazine rings is 1. The van der Waals surface area contributed by atoms with Crippen LogP contribution in [0.3, 0.4) is 0 Å². The van der Waals surface area contributed by atoms with Gasteiger partial charge >= 0.3 is 0 Å². The molecule has 2 aromatic heterocycles. The van der Waals surface area contributed by atoms with Gasteiger partial charge in [-0.1, -0.05) is 30.3 Å². The molecule has 0 atom stereocenters. The maximum Gasteiger partial charge on any atom is 0.213 e. The minimum absolute atomic E-state index is 0. The van der Waals surface area contributed by atoms with Crippen molar-refractivity contribution in [3.05, 3.63) is 60.8 Å². The van der Waals surface area contributed by atoms with Crippen LogP contribution < -0.4 is 10.6 Å². The molecular weight excluding hydrogens is 438 g/mol. The molecule has 1 aliphatic rings. The normalized spacial score (nSPS) is 15.2. The van der Waals surface area contributed by atoms with Crippen LogP contribution in [-0.4, -0.2) is 64.2 Å². The fourth-order valence-electron chi connectivity index (χ4n) is 4.11. The Balaban J connectivity index is 0.00000274. The molecule has 0 amide bonds. The molecule has 3 heterocycles. The molecule has 1 aliphatic heterocycles. The zero-order valence-electron chi connectivity index (χ0n) is 18.3. The summed E-state index contributed by atoms with van der Waals surface area (Å²) in [6.45, 7) is 3.57. The quantitative estimate of drug-likeness (QED) is 0.482. The molecule has 10 heteroatoms. The van der Waals surface area contributed by atoms with Gasteiger partial charge in [0.15, 0.2) is 17.3 Å². The van der Waals surface area contributed by atoms with Gasteiger partial charge in [0.1, 0.15) is 5.82 Å². The number of aromatic nitrogens is 4. The van der Waals surface area contributed by atoms with Crippen molar-refractivity contribution >= 4 is 32.7 Å². The summed E-state index contributed by atoms with van der Waals surface area (Å²) in [5.74, 6) is 1.66. The van der Waals surface area contributed by atoms with E-state index < -0.39 is 10.0 Å². The van der Waals surface area contributed by atoms with Crippen LogP contribution in [0, 0.1) is 0 Å². The number of nitrogens with zero attached hydrogens (tertiary/aromatic N) is 6. The largest absolute Gasteiger partial charge is 0.382 e. The predicted molar refractivity (Wildman–Crippen MR) is 132 cm³/mol. The van der Waals surface area contributed by atoms with Gasteiger partial charge < -0.3 is 10.6 Å². The minimum atomic E-state index is -3.20. The first-order chi connectivity index (χ1) is 16.0. The van der Waals surface area contributed by atoms with Gasteiger partial charge in [-0.15, -0.1) is 0 Å². The Morgan fingerprint density at radius 3 is 2.39 bits per heavy atom. The molecule has 9 nitrogen and oxygen atoms in total. The summed E-state index contributed by atoms with van der Waals surface area (Å²) in [4.78, 5) is 16.1. The van der Waals surface area contributed by atoms with Crippen LogP contribution in [-0.2, 0) is 10.0 Å². The zero-order valence-corrected chi connectivity index (χ0v) is 19.1. The lowest BCUT2D eigenvalue weighted by molar-refractivity contribution is 0.384. The first-order valence-corrected chi connectivity index (χ1v) is 12.5. The molecule has 33 heavy (non-hydrogen) atoms. The van der Waals surface area contributed by atoms with Crippen molar-refractivity contribution < 1.29 is 9.84 Å². The van der Waals surface area contributed by atoms with E-state index in [0.717, 1.165) is 16.7 Å². The third kappa shape index (κ3) is 3.91. The summed E-state index contributed by atoms with van der Waals surface area (Å²) in [5, 5.41) is 0. The number of fused-ring (bicyclic) bond motifs is 1. The fourth-order valence-corrected chi connectivity index (χ4v) is 5.19. The van der Waals surface area contributed by atoms with Crippen molar-refractivity contribution in [2.45, 2.75) is 6.92 Å². The average molecular weight is 466 g/mol. The highest BCUT2D eigenvalue weighted by Crippen LogP contribution is 2.31. The highest BCUT2D eigenvalue weighted by atomic mass is 32.2. The van der Waals surface area contributed by atoms with E-state index in [1.807, 2.05) is 64.1 Å². The molecule has 2 aromatic carbocycles. The van der Waals surface area contributed by atoms with Crippen molar-refractivity contribution in [1.82, 2.24) is 23.8 Å². The van der Waals surface area contributed by atoms with Crippen LogP contribution in [0.4, 0.5) is 11.6 Å². The van der Waals surface area contributed by atoms with E-state index in [9.17, 15) is 8.42 Å². The van der Waals surface area contributed by atoms with E-state index in [4.69, 9.17) is 15.7 Å². The number of hydrogen-bond donors (Lipinski definition) is 1. The van der Waals surface area contributed by atoms with E-state index in [1.165, 1.54) is 4.31 Å². The SMILES string of the molecule is CCS(=O)(=O)N1CCN(c2cnc(N)c(-c3nc4ccccc4n3-c3ccccc3)n2)CC1.[HH]. The van der Waals surface area contributed by atoms with E-state index >= 15 is 0 Å². The lowest BCUT2D eigenvalue weighted by atomic mass is 10.2. The van der Waals surface area contributed by atoms with Gasteiger partial charge in [0.05, 0.1) is 23.0 Å². The Hall–Kier alpha value is -3.50. The molecule has 0 unspecified atom stereocenters. The van der Waals surface area contributed by atoms with Crippen molar-refractivity contribution in [1.29, 1.82) is 0 Å². The first kappa shape index (κ1) is 21.4. The molecule has 1 fully saturated rings. The molecule has 172 valence electrons. The van der Waals surface area contributed by atoms with Gasteiger partial charge in [-0.3, -0.25) is 4.57 Å². The maximum atomic E-state index is 12.2. The number of imidazole rings is 1. The van der Waals surface area contributed by atoms with Crippen LogP contribution in [0.5, 0.6) is 0 Å². The van der Waals surface area contributed by atoms with Gasteiger partial charge in [-0.2, -0.15) is 4.31 Å². The highest BCUT2D eigenvalue weighted by Gasteiger charge is 2.27. The van der Waals surface area contributed by atoms with E-state index in [0.29, 0.717) is 49.3 Å². The van der Waals surface area contributed by atoms with Crippen molar-refractivity contribution in [2.75, 3.05) is 42.6 Å². The molecule has 0 bridgehead atoms. The summed E-state index contributed by atoms with van der Waals surface area (Å²) in [5.41, 5.74) is 9.51. The average Bonchev–Trinajstić information content (AvgIpc) is 3.24. The van der Waals surface area contributed by atoms with Crippen LogP contribution in [0.2, 0.25) is 0 Å². The van der Waals surface area contributed by atoms with Crippen molar-refractivity contribution in [3.8, 4) is 17.2 Å². The molecule has 0 aliphatic carbocycles. The predicted octanol–water partition coefficient (Wildman–Crippen LogP) is 2.78. The second-order valence-corrected chi connectivity index (χ2v) is 10.1. The number of rotatable bonds is 5. The molecule has 0 saturated carbocycles. The lowest BCUT2D eigenvalue weighted by Crippen LogP contribution is -2.49. The smallest absolute Gasteiger partial charge is 0.213 e. The van der Waals surface area contributed by atoms with E-state index in [1.54, 1.807) is 13.1 Å². The van der Waals surface area contributed by atoms with Gasteiger partial charge in [0.2, 0.25) is 10.0 Å².